The van der Waals surface area contributed by atoms with E-state index in [1.54, 1.807) is 54.8 Å². The summed E-state index contributed by atoms with van der Waals surface area (Å²) < 4.78 is 10.9. The van der Waals surface area contributed by atoms with Crippen LogP contribution in [0.4, 0.5) is 5.69 Å². The van der Waals surface area contributed by atoms with Crippen molar-refractivity contribution in [1.29, 1.82) is 0 Å². The van der Waals surface area contributed by atoms with Crippen LogP contribution in [0.15, 0.2) is 71.8 Å². The highest BCUT2D eigenvalue weighted by atomic mass is 16.5. The quantitative estimate of drug-likeness (QED) is 0.185. The molecule has 16 nitrogen and oxygen atoms in total. The number of fused-ring (bicyclic) bond motifs is 1. The minimum absolute atomic E-state index is 0.0822. The van der Waals surface area contributed by atoms with Crippen molar-refractivity contribution in [2.45, 2.75) is 57.0 Å². The SMILES string of the molecule is COc1cc(N2CCN(CCc3cccc4c3n(C)c(=O)n4C3CCC(=O)NC3=O)CC2)ccc1-c1cc(C(=O)N(C)C)ccc1C1CCCN(C(=O)CCn2ccnn2)C1. The normalized spacial score (nSPS) is 18.7. The Labute approximate surface area is 354 Å². The van der Waals surface area contributed by atoms with Crippen LogP contribution in [0.1, 0.15) is 65.5 Å². The lowest BCUT2D eigenvalue weighted by Gasteiger charge is -2.36. The number of benzene rings is 3. The van der Waals surface area contributed by atoms with Crippen molar-refractivity contribution < 1.29 is 23.9 Å². The number of aromatic nitrogens is 5. The number of anilines is 1. The molecular formula is C45H54N10O6. The molecule has 0 radical (unpaired) electrons. The summed E-state index contributed by atoms with van der Waals surface area (Å²) in [6.07, 6.45) is 6.77. The molecule has 3 fully saturated rings. The van der Waals surface area contributed by atoms with Crippen molar-refractivity contribution in [2.24, 2.45) is 7.05 Å². The highest BCUT2D eigenvalue weighted by Gasteiger charge is 2.32. The molecule has 0 aliphatic carbocycles. The Hall–Kier alpha value is -6.29. The molecule has 5 aromatic rings. The molecule has 3 aromatic carbocycles. The summed E-state index contributed by atoms with van der Waals surface area (Å²) >= 11 is 0. The fourth-order valence-electron chi connectivity index (χ4n) is 9.27. The highest BCUT2D eigenvalue weighted by Crippen LogP contribution is 2.41. The summed E-state index contributed by atoms with van der Waals surface area (Å²) in [5.74, 6) is 0.0670. The first-order valence-corrected chi connectivity index (χ1v) is 21.2. The van der Waals surface area contributed by atoms with Gasteiger partial charge < -0.3 is 19.4 Å². The third-order valence-electron chi connectivity index (χ3n) is 12.6. The van der Waals surface area contributed by atoms with Crippen LogP contribution in [0.5, 0.6) is 5.75 Å². The molecule has 0 saturated carbocycles. The molecule has 1 N–H and O–H groups in total. The number of methoxy groups -OCH3 is 1. The molecule has 0 bridgehead atoms. The van der Waals surface area contributed by atoms with Gasteiger partial charge in [-0.25, -0.2) is 4.79 Å². The first kappa shape index (κ1) is 41.4. The molecule has 2 aromatic heterocycles. The maximum absolute atomic E-state index is 13.4. The van der Waals surface area contributed by atoms with E-state index in [9.17, 15) is 24.0 Å². The maximum Gasteiger partial charge on any atom is 0.329 e. The minimum Gasteiger partial charge on any atom is -0.496 e. The Morgan fingerprint density at radius 1 is 0.934 bits per heavy atom. The molecule has 8 rings (SSSR count). The van der Waals surface area contributed by atoms with Crippen molar-refractivity contribution in [3.8, 4) is 16.9 Å². The molecule has 0 spiro atoms. The molecule has 4 amide bonds. The largest absolute Gasteiger partial charge is 0.496 e. The van der Waals surface area contributed by atoms with Gasteiger partial charge in [-0.15, -0.1) is 5.10 Å². The number of hydrogen-bond donors (Lipinski definition) is 1. The number of piperazine rings is 1. The van der Waals surface area contributed by atoms with Crippen LogP contribution in [-0.4, -0.2) is 129 Å². The lowest BCUT2D eigenvalue weighted by atomic mass is 9.84. The number of likely N-dealkylation sites (tertiary alicyclic amines) is 1. The van der Waals surface area contributed by atoms with Gasteiger partial charge in [0.25, 0.3) is 5.91 Å². The van der Waals surface area contributed by atoms with Crippen LogP contribution in [-0.2, 0) is 34.4 Å². The van der Waals surface area contributed by atoms with Crippen molar-refractivity contribution in [3.05, 3.63) is 94.2 Å². The predicted molar refractivity (Wildman–Crippen MR) is 231 cm³/mol. The van der Waals surface area contributed by atoms with Gasteiger partial charge in [-0.1, -0.05) is 23.4 Å². The van der Waals surface area contributed by atoms with Gasteiger partial charge in [0.1, 0.15) is 11.8 Å². The number of nitrogens with zero attached hydrogens (tertiary/aromatic N) is 9. The van der Waals surface area contributed by atoms with Crippen LogP contribution >= 0.6 is 0 Å². The highest BCUT2D eigenvalue weighted by molar-refractivity contribution is 6.00. The van der Waals surface area contributed by atoms with Gasteiger partial charge in [0, 0.05) is 115 Å². The second-order valence-corrected chi connectivity index (χ2v) is 16.5. The third-order valence-corrected chi connectivity index (χ3v) is 12.6. The van der Waals surface area contributed by atoms with Crippen molar-refractivity contribution in [3.63, 3.8) is 0 Å². The number of piperidine rings is 2. The number of carbonyl (C=O) groups excluding carboxylic acids is 4. The van der Waals surface area contributed by atoms with Gasteiger partial charge in [-0.2, -0.15) is 0 Å². The number of amides is 4. The Bertz CT molecular complexity index is 2500. The topological polar surface area (TPSA) is 160 Å². The second-order valence-electron chi connectivity index (χ2n) is 16.5. The number of carbonyl (C=O) groups is 4. The molecule has 3 aliphatic heterocycles. The molecule has 2 unspecified atom stereocenters. The molecule has 3 aliphatic rings. The second kappa shape index (κ2) is 17.7. The fraction of sp³-hybridized carbons (Fsp3) is 0.444. The van der Waals surface area contributed by atoms with Crippen LogP contribution in [0.3, 0.4) is 0 Å². The van der Waals surface area contributed by atoms with E-state index in [0.717, 1.165) is 91.2 Å². The van der Waals surface area contributed by atoms with Crippen LogP contribution in [0, 0.1) is 0 Å². The monoisotopic (exact) mass is 830 g/mol. The summed E-state index contributed by atoms with van der Waals surface area (Å²) in [4.78, 5) is 72.9. The minimum atomic E-state index is -0.716. The standard InChI is InChI=1S/C45H54N10O6/c1-49(2)44(59)31-10-12-34(32-8-6-19-53(29-32)41(57)17-21-54-22-18-46-48-54)36(27-31)35-13-11-33(28-39(35)61-4)52-25-23-51(24-26-52)20-16-30-7-5-9-37-42(30)50(3)45(60)55(37)38-14-15-40(56)47-43(38)58/h5,7,9-13,18,22,27-28,32,38H,6,8,14-17,19-21,23-26,29H2,1-4H3,(H,47,56,58). The van der Waals surface area contributed by atoms with Crippen molar-refractivity contribution in [1.82, 2.24) is 44.1 Å². The van der Waals surface area contributed by atoms with Crippen molar-refractivity contribution >= 4 is 40.3 Å². The zero-order valence-corrected chi connectivity index (χ0v) is 35.4. The molecule has 61 heavy (non-hydrogen) atoms. The van der Waals surface area contributed by atoms with Crippen LogP contribution < -0.4 is 20.6 Å². The van der Waals surface area contributed by atoms with E-state index >= 15 is 0 Å². The van der Waals surface area contributed by atoms with E-state index in [2.05, 4.69) is 49.7 Å². The zero-order valence-electron chi connectivity index (χ0n) is 35.4. The third kappa shape index (κ3) is 8.54. The predicted octanol–water partition coefficient (Wildman–Crippen LogP) is 3.45. The number of para-hydroxylation sites is 1. The zero-order chi connectivity index (χ0) is 42.8. The summed E-state index contributed by atoms with van der Waals surface area (Å²) in [5, 5.41) is 10.2. The van der Waals surface area contributed by atoms with Crippen molar-refractivity contribution in [2.75, 3.05) is 71.9 Å². The number of aryl methyl sites for hydroxylation is 2. The first-order chi connectivity index (χ1) is 29.5. The van der Waals surface area contributed by atoms with Gasteiger partial charge in [-0.05, 0) is 72.7 Å². The Balaban J connectivity index is 0.965. The number of nitrogens with one attached hydrogen (secondary N) is 1. The van der Waals surface area contributed by atoms with Gasteiger partial charge in [0.05, 0.1) is 30.9 Å². The number of imide groups is 1. The average molecular weight is 831 g/mol. The average Bonchev–Trinajstić information content (AvgIpc) is 3.90. The van der Waals surface area contributed by atoms with Gasteiger partial charge in [-0.3, -0.25) is 43.2 Å². The lowest BCUT2D eigenvalue weighted by Crippen LogP contribution is -2.47. The van der Waals surface area contributed by atoms with Gasteiger partial charge in [0.15, 0.2) is 0 Å². The summed E-state index contributed by atoms with van der Waals surface area (Å²) in [7, 11) is 6.93. The number of rotatable bonds is 12. The number of hydrogen-bond acceptors (Lipinski definition) is 10. The van der Waals surface area contributed by atoms with Crippen LogP contribution in [0.25, 0.3) is 22.2 Å². The smallest absolute Gasteiger partial charge is 0.329 e. The Kier molecular flexibility index (Phi) is 12.1. The van der Waals surface area contributed by atoms with E-state index in [-0.39, 0.29) is 35.8 Å². The molecule has 320 valence electrons. The fourth-order valence-corrected chi connectivity index (χ4v) is 9.27. The molecular weight excluding hydrogens is 777 g/mol. The van der Waals surface area contributed by atoms with E-state index in [0.29, 0.717) is 43.6 Å². The summed E-state index contributed by atoms with van der Waals surface area (Å²) in [6.45, 7) is 5.94. The van der Waals surface area contributed by atoms with E-state index in [1.807, 2.05) is 35.2 Å². The molecule has 2 atom stereocenters. The summed E-state index contributed by atoms with van der Waals surface area (Å²) in [6, 6.07) is 17.4. The maximum atomic E-state index is 13.4. The molecule has 16 heteroatoms. The van der Waals surface area contributed by atoms with E-state index < -0.39 is 11.9 Å². The number of imidazole rings is 1. The Morgan fingerprint density at radius 2 is 1.75 bits per heavy atom. The Morgan fingerprint density at radius 3 is 2.49 bits per heavy atom. The first-order valence-electron chi connectivity index (χ1n) is 21.2. The van der Waals surface area contributed by atoms with Gasteiger partial charge >= 0.3 is 5.69 Å². The number of ether oxygens (including phenoxy) is 1. The molecule has 5 heterocycles. The van der Waals surface area contributed by atoms with Gasteiger partial charge in [0.2, 0.25) is 17.7 Å². The molecule has 3 saturated heterocycles. The van der Waals surface area contributed by atoms with E-state index in [4.69, 9.17) is 4.74 Å². The van der Waals surface area contributed by atoms with E-state index in [1.165, 1.54) is 4.57 Å². The van der Waals surface area contributed by atoms with Crippen LogP contribution in [0.2, 0.25) is 0 Å². The summed E-state index contributed by atoms with van der Waals surface area (Å²) in [5.41, 5.74) is 6.87. The lowest BCUT2D eigenvalue weighted by molar-refractivity contribution is -0.136.